The molecule has 0 spiro atoms. The molecular weight excluding hydrogens is 251 g/mol. The zero-order valence-electron chi connectivity index (χ0n) is 10.9. The number of hydrogen-bond donors (Lipinski definition) is 2. The Morgan fingerprint density at radius 1 is 1.47 bits per heavy atom. The fourth-order valence-corrected chi connectivity index (χ4v) is 1.43. The molecule has 1 aromatic rings. The van der Waals surface area contributed by atoms with Gasteiger partial charge in [-0.3, -0.25) is 4.79 Å². The summed E-state index contributed by atoms with van der Waals surface area (Å²) in [5, 5.41) is 2.64. The van der Waals surface area contributed by atoms with Crippen molar-refractivity contribution in [1.29, 1.82) is 0 Å². The van der Waals surface area contributed by atoms with Crippen molar-refractivity contribution in [2.24, 2.45) is 5.73 Å². The van der Waals surface area contributed by atoms with Crippen LogP contribution in [0.2, 0.25) is 0 Å². The van der Waals surface area contributed by atoms with Gasteiger partial charge in [0.1, 0.15) is 0 Å². The standard InChI is InChI=1S/C13H19FN2O3/c1-18-6-2-5-16-13(17)9-19-12-4-3-10(8-15)7-11(12)14/h3-4,7H,2,5-6,8-9,15H2,1H3,(H,16,17). The highest BCUT2D eigenvalue weighted by Crippen LogP contribution is 2.17. The zero-order chi connectivity index (χ0) is 14.1. The van der Waals surface area contributed by atoms with Crippen molar-refractivity contribution >= 4 is 5.91 Å². The third kappa shape index (κ3) is 5.67. The van der Waals surface area contributed by atoms with Gasteiger partial charge in [-0.2, -0.15) is 0 Å². The molecule has 1 rings (SSSR count). The largest absolute Gasteiger partial charge is 0.481 e. The van der Waals surface area contributed by atoms with E-state index >= 15 is 0 Å². The van der Waals surface area contributed by atoms with E-state index in [1.54, 1.807) is 13.2 Å². The van der Waals surface area contributed by atoms with E-state index in [0.29, 0.717) is 18.7 Å². The Hall–Kier alpha value is -1.66. The van der Waals surface area contributed by atoms with Crippen LogP contribution in [0.1, 0.15) is 12.0 Å². The highest BCUT2D eigenvalue weighted by Gasteiger charge is 2.07. The van der Waals surface area contributed by atoms with Crippen LogP contribution in [0.4, 0.5) is 4.39 Å². The molecule has 0 heterocycles. The second-order valence-corrected chi connectivity index (χ2v) is 3.95. The monoisotopic (exact) mass is 270 g/mol. The van der Waals surface area contributed by atoms with Crippen LogP contribution in [0, 0.1) is 5.82 Å². The fraction of sp³-hybridized carbons (Fsp3) is 0.462. The predicted octanol–water partition coefficient (Wildman–Crippen LogP) is 0.816. The number of benzene rings is 1. The van der Waals surface area contributed by atoms with Gasteiger partial charge in [-0.25, -0.2) is 4.39 Å². The molecule has 106 valence electrons. The van der Waals surface area contributed by atoms with Gasteiger partial charge < -0.3 is 20.5 Å². The Balaban J connectivity index is 2.33. The first-order chi connectivity index (χ1) is 9.17. The van der Waals surface area contributed by atoms with E-state index in [0.717, 1.165) is 6.42 Å². The second kappa shape index (κ2) is 8.44. The maximum Gasteiger partial charge on any atom is 0.257 e. The number of halogens is 1. The van der Waals surface area contributed by atoms with E-state index in [4.69, 9.17) is 15.2 Å². The van der Waals surface area contributed by atoms with Crippen LogP contribution in [-0.4, -0.2) is 32.8 Å². The first kappa shape index (κ1) is 15.4. The summed E-state index contributed by atoms with van der Waals surface area (Å²) in [6.07, 6.45) is 0.724. The minimum Gasteiger partial charge on any atom is -0.481 e. The summed E-state index contributed by atoms with van der Waals surface area (Å²) >= 11 is 0. The summed E-state index contributed by atoms with van der Waals surface area (Å²) in [4.78, 5) is 11.4. The first-order valence-corrected chi connectivity index (χ1v) is 6.04. The molecular formula is C13H19FN2O3. The van der Waals surface area contributed by atoms with Gasteiger partial charge in [0.2, 0.25) is 0 Å². The number of amides is 1. The number of nitrogens with one attached hydrogen (secondary N) is 1. The Kier molecular flexibility index (Phi) is 6.84. The van der Waals surface area contributed by atoms with Gasteiger partial charge in [-0.05, 0) is 24.1 Å². The Morgan fingerprint density at radius 2 is 2.26 bits per heavy atom. The molecule has 19 heavy (non-hydrogen) atoms. The lowest BCUT2D eigenvalue weighted by Crippen LogP contribution is -2.30. The molecule has 1 aromatic carbocycles. The average molecular weight is 270 g/mol. The molecule has 1 amide bonds. The maximum absolute atomic E-state index is 13.5. The lowest BCUT2D eigenvalue weighted by Gasteiger charge is -2.08. The van der Waals surface area contributed by atoms with Crippen LogP contribution in [0.15, 0.2) is 18.2 Å². The molecule has 0 aliphatic carbocycles. The molecule has 0 aliphatic heterocycles. The second-order valence-electron chi connectivity index (χ2n) is 3.95. The number of hydrogen-bond acceptors (Lipinski definition) is 4. The van der Waals surface area contributed by atoms with Gasteiger partial charge in [-0.15, -0.1) is 0 Å². The smallest absolute Gasteiger partial charge is 0.257 e. The summed E-state index contributed by atoms with van der Waals surface area (Å²) in [5.41, 5.74) is 6.06. The normalized spacial score (nSPS) is 10.3. The van der Waals surface area contributed by atoms with Crippen molar-refractivity contribution in [3.8, 4) is 5.75 Å². The summed E-state index contributed by atoms with van der Waals surface area (Å²) in [5.74, 6) is -0.766. The topological polar surface area (TPSA) is 73.6 Å². The van der Waals surface area contributed by atoms with E-state index in [1.807, 2.05) is 0 Å². The van der Waals surface area contributed by atoms with E-state index in [-0.39, 0.29) is 24.8 Å². The number of nitrogens with two attached hydrogens (primary N) is 1. The summed E-state index contributed by atoms with van der Waals surface area (Å²) < 4.78 is 23.5. The summed E-state index contributed by atoms with van der Waals surface area (Å²) in [6.45, 7) is 1.13. The molecule has 0 aliphatic rings. The van der Waals surface area contributed by atoms with Crippen molar-refractivity contribution in [3.05, 3.63) is 29.6 Å². The van der Waals surface area contributed by atoms with Crippen LogP contribution in [0.5, 0.6) is 5.75 Å². The Morgan fingerprint density at radius 3 is 2.89 bits per heavy atom. The number of carbonyl (C=O) groups excluding carboxylic acids is 1. The number of methoxy groups -OCH3 is 1. The van der Waals surface area contributed by atoms with Crippen molar-refractivity contribution in [3.63, 3.8) is 0 Å². The van der Waals surface area contributed by atoms with Crippen LogP contribution in [0.3, 0.4) is 0 Å². The van der Waals surface area contributed by atoms with E-state index in [2.05, 4.69) is 5.32 Å². The van der Waals surface area contributed by atoms with E-state index in [9.17, 15) is 9.18 Å². The van der Waals surface area contributed by atoms with Crippen molar-refractivity contribution in [1.82, 2.24) is 5.32 Å². The zero-order valence-corrected chi connectivity index (χ0v) is 10.9. The van der Waals surface area contributed by atoms with Gasteiger partial charge in [-0.1, -0.05) is 6.07 Å². The van der Waals surface area contributed by atoms with E-state index < -0.39 is 5.82 Å². The predicted molar refractivity (Wildman–Crippen MR) is 69.3 cm³/mol. The molecule has 5 nitrogen and oxygen atoms in total. The Labute approximate surface area is 111 Å². The molecule has 3 N–H and O–H groups in total. The van der Waals surface area contributed by atoms with Gasteiger partial charge in [0.15, 0.2) is 18.2 Å². The molecule has 0 unspecified atom stereocenters. The molecule has 0 aromatic heterocycles. The SMILES string of the molecule is COCCCNC(=O)COc1ccc(CN)cc1F. The third-order valence-corrected chi connectivity index (χ3v) is 2.44. The van der Waals surface area contributed by atoms with Crippen LogP contribution in [-0.2, 0) is 16.1 Å². The summed E-state index contributed by atoms with van der Waals surface area (Å²) in [6, 6.07) is 4.43. The lowest BCUT2D eigenvalue weighted by molar-refractivity contribution is -0.123. The molecule has 0 saturated heterocycles. The van der Waals surface area contributed by atoms with Crippen LogP contribution in [0.25, 0.3) is 0 Å². The van der Waals surface area contributed by atoms with Crippen molar-refractivity contribution in [2.45, 2.75) is 13.0 Å². The van der Waals surface area contributed by atoms with Crippen molar-refractivity contribution in [2.75, 3.05) is 26.9 Å². The highest BCUT2D eigenvalue weighted by molar-refractivity contribution is 5.77. The lowest BCUT2D eigenvalue weighted by atomic mass is 10.2. The summed E-state index contributed by atoms with van der Waals surface area (Å²) in [7, 11) is 1.60. The van der Waals surface area contributed by atoms with Crippen LogP contribution >= 0.6 is 0 Å². The molecule has 6 heteroatoms. The number of ether oxygens (including phenoxy) is 2. The van der Waals surface area contributed by atoms with Gasteiger partial charge in [0.05, 0.1) is 0 Å². The molecule has 0 atom stereocenters. The maximum atomic E-state index is 13.5. The van der Waals surface area contributed by atoms with Crippen LogP contribution < -0.4 is 15.8 Å². The molecule has 0 radical (unpaired) electrons. The minimum atomic E-state index is -0.518. The first-order valence-electron chi connectivity index (χ1n) is 6.04. The quantitative estimate of drug-likeness (QED) is 0.686. The average Bonchev–Trinajstić information content (AvgIpc) is 2.42. The molecule has 0 fully saturated rings. The molecule has 0 bridgehead atoms. The van der Waals surface area contributed by atoms with Gasteiger partial charge >= 0.3 is 0 Å². The highest BCUT2D eigenvalue weighted by atomic mass is 19.1. The minimum absolute atomic E-state index is 0.0456. The van der Waals surface area contributed by atoms with Crippen molar-refractivity contribution < 1.29 is 18.7 Å². The van der Waals surface area contributed by atoms with Gasteiger partial charge in [0.25, 0.3) is 5.91 Å². The Bertz CT molecular complexity index is 413. The number of carbonyl (C=O) groups is 1. The van der Waals surface area contributed by atoms with Gasteiger partial charge in [0, 0.05) is 26.8 Å². The van der Waals surface area contributed by atoms with E-state index in [1.165, 1.54) is 12.1 Å². The molecule has 0 saturated carbocycles. The third-order valence-electron chi connectivity index (χ3n) is 2.44. The fourth-order valence-electron chi connectivity index (χ4n) is 1.43. The number of rotatable bonds is 8.